The molecule has 3 aromatic carbocycles. The lowest BCUT2D eigenvalue weighted by Gasteiger charge is -2.12. The molecular weight excluding hydrogens is 414 g/mol. The predicted octanol–water partition coefficient (Wildman–Crippen LogP) is 5.59. The molecule has 4 rings (SSSR count). The Kier molecular flexibility index (Phi) is 5.48. The fraction of sp³-hybridized carbons (Fsp3) is 0.130. The molecule has 0 aliphatic carbocycles. The number of hydrogen-bond donors (Lipinski definition) is 1. The lowest BCUT2D eigenvalue weighted by Crippen LogP contribution is -2.11. The van der Waals surface area contributed by atoms with Gasteiger partial charge in [0.25, 0.3) is 10.0 Å². The average Bonchev–Trinajstić information content (AvgIpc) is 3.26. The summed E-state index contributed by atoms with van der Waals surface area (Å²) < 4.78 is 32.8. The van der Waals surface area contributed by atoms with Crippen molar-refractivity contribution < 1.29 is 13.2 Å². The molecule has 31 heavy (non-hydrogen) atoms. The molecule has 0 aliphatic heterocycles. The molecule has 0 atom stereocenters. The van der Waals surface area contributed by atoms with Crippen molar-refractivity contribution in [2.75, 3.05) is 12.4 Å². The molecule has 8 heteroatoms. The van der Waals surface area contributed by atoms with E-state index < -0.39 is 10.0 Å². The van der Waals surface area contributed by atoms with Crippen LogP contribution >= 0.6 is 0 Å². The number of aromatic nitrogens is 1. The minimum absolute atomic E-state index is 0.0462. The van der Waals surface area contributed by atoms with Crippen molar-refractivity contribution in [3.05, 3.63) is 83.4 Å². The summed E-state index contributed by atoms with van der Waals surface area (Å²) in [6.07, 6.45) is 2.34. The van der Waals surface area contributed by atoms with Gasteiger partial charge >= 0.3 is 0 Å². The van der Waals surface area contributed by atoms with Gasteiger partial charge in [0.05, 0.1) is 17.5 Å². The average molecular weight is 436 g/mol. The van der Waals surface area contributed by atoms with Gasteiger partial charge in [0.15, 0.2) is 0 Å². The molecule has 1 aromatic heterocycles. The molecule has 0 aliphatic rings. The SMILES string of the molecule is CCc1cccc(Nc2ccc(N=O)c3c2ccn3S(=O)(=O)c2ccc(OC)cc2)c1. The van der Waals surface area contributed by atoms with Crippen LogP contribution in [0.5, 0.6) is 5.75 Å². The van der Waals surface area contributed by atoms with Crippen LogP contribution in [-0.4, -0.2) is 19.5 Å². The van der Waals surface area contributed by atoms with Crippen LogP contribution < -0.4 is 10.1 Å². The van der Waals surface area contributed by atoms with Gasteiger partial charge in [-0.05, 0) is 71.8 Å². The van der Waals surface area contributed by atoms with Gasteiger partial charge in [-0.3, -0.25) is 0 Å². The van der Waals surface area contributed by atoms with Crippen LogP contribution in [0, 0.1) is 4.91 Å². The summed E-state index contributed by atoms with van der Waals surface area (Å²) in [4.78, 5) is 11.6. The van der Waals surface area contributed by atoms with E-state index in [-0.39, 0.29) is 16.1 Å². The van der Waals surface area contributed by atoms with E-state index in [9.17, 15) is 13.3 Å². The Labute approximate surface area is 180 Å². The van der Waals surface area contributed by atoms with Crippen molar-refractivity contribution in [2.45, 2.75) is 18.2 Å². The van der Waals surface area contributed by atoms with Crippen molar-refractivity contribution in [1.82, 2.24) is 3.97 Å². The molecule has 1 N–H and O–H groups in total. The molecule has 1 heterocycles. The molecular formula is C23H21N3O4S. The molecule has 158 valence electrons. The molecule has 7 nitrogen and oxygen atoms in total. The first-order chi connectivity index (χ1) is 15.0. The Bertz CT molecular complexity index is 1360. The number of methoxy groups -OCH3 is 1. The molecule has 0 saturated carbocycles. The zero-order valence-electron chi connectivity index (χ0n) is 17.1. The molecule has 0 unspecified atom stereocenters. The largest absolute Gasteiger partial charge is 0.497 e. The van der Waals surface area contributed by atoms with E-state index in [4.69, 9.17) is 4.74 Å². The lowest BCUT2D eigenvalue weighted by atomic mass is 10.1. The highest BCUT2D eigenvalue weighted by Crippen LogP contribution is 2.36. The van der Waals surface area contributed by atoms with Gasteiger partial charge in [-0.15, -0.1) is 4.91 Å². The number of benzene rings is 3. The van der Waals surface area contributed by atoms with Crippen molar-refractivity contribution in [3.8, 4) is 5.75 Å². The normalized spacial score (nSPS) is 11.4. The lowest BCUT2D eigenvalue weighted by molar-refractivity contribution is 0.414. The van der Waals surface area contributed by atoms with Crippen LogP contribution in [0.3, 0.4) is 0 Å². The number of aryl methyl sites for hydroxylation is 1. The third kappa shape index (κ3) is 3.77. The Hall–Kier alpha value is -3.65. The van der Waals surface area contributed by atoms with Gasteiger partial charge in [0, 0.05) is 23.0 Å². The first kappa shape index (κ1) is 20.6. The van der Waals surface area contributed by atoms with Crippen LogP contribution in [0.4, 0.5) is 17.1 Å². The highest BCUT2D eigenvalue weighted by atomic mass is 32.2. The smallest absolute Gasteiger partial charge is 0.268 e. The molecule has 0 spiro atoms. The van der Waals surface area contributed by atoms with Gasteiger partial charge in [-0.2, -0.15) is 0 Å². The molecule has 0 radical (unpaired) electrons. The molecule has 0 fully saturated rings. The number of hydrogen-bond acceptors (Lipinski definition) is 6. The van der Waals surface area contributed by atoms with Crippen LogP contribution in [-0.2, 0) is 16.4 Å². The summed E-state index contributed by atoms with van der Waals surface area (Å²) in [5, 5.41) is 6.96. The number of anilines is 2. The van der Waals surface area contributed by atoms with Gasteiger partial charge in [-0.1, -0.05) is 19.1 Å². The second-order valence-corrected chi connectivity index (χ2v) is 8.77. The van der Waals surface area contributed by atoms with Crippen molar-refractivity contribution in [3.63, 3.8) is 0 Å². The van der Waals surface area contributed by atoms with Crippen LogP contribution in [0.2, 0.25) is 0 Å². The Morgan fingerprint density at radius 3 is 2.48 bits per heavy atom. The van der Waals surface area contributed by atoms with E-state index >= 15 is 0 Å². The monoisotopic (exact) mass is 435 g/mol. The predicted molar refractivity (Wildman–Crippen MR) is 122 cm³/mol. The van der Waals surface area contributed by atoms with E-state index in [1.54, 1.807) is 24.3 Å². The number of nitroso groups, excluding NO2 is 1. The summed E-state index contributed by atoms with van der Waals surface area (Å²) in [7, 11) is -2.44. The quantitative estimate of drug-likeness (QED) is 0.382. The summed E-state index contributed by atoms with van der Waals surface area (Å²) in [5.41, 5.74) is 3.00. The maximum atomic E-state index is 13.3. The zero-order chi connectivity index (χ0) is 22.0. The zero-order valence-corrected chi connectivity index (χ0v) is 17.9. The first-order valence-electron chi connectivity index (χ1n) is 9.71. The maximum Gasteiger partial charge on any atom is 0.268 e. The van der Waals surface area contributed by atoms with E-state index in [0.717, 1.165) is 16.1 Å². The van der Waals surface area contributed by atoms with E-state index in [1.165, 1.54) is 37.1 Å². The van der Waals surface area contributed by atoms with Crippen molar-refractivity contribution >= 4 is 38.0 Å². The summed E-state index contributed by atoms with van der Waals surface area (Å²) in [5.74, 6) is 0.548. The molecule has 0 saturated heterocycles. The Morgan fingerprint density at radius 2 is 1.81 bits per heavy atom. The molecule has 0 bridgehead atoms. The van der Waals surface area contributed by atoms with Gasteiger partial charge in [0.1, 0.15) is 11.4 Å². The Balaban J connectivity index is 1.84. The second kappa shape index (κ2) is 8.23. The van der Waals surface area contributed by atoms with E-state index in [2.05, 4.69) is 17.4 Å². The number of ether oxygens (including phenoxy) is 1. The maximum absolute atomic E-state index is 13.3. The summed E-state index contributed by atoms with van der Waals surface area (Å²) in [6, 6.07) is 18.9. The van der Waals surface area contributed by atoms with E-state index in [1.807, 2.05) is 24.3 Å². The van der Waals surface area contributed by atoms with Crippen LogP contribution in [0.1, 0.15) is 12.5 Å². The highest BCUT2D eigenvalue weighted by Gasteiger charge is 2.22. The van der Waals surface area contributed by atoms with Crippen molar-refractivity contribution in [2.24, 2.45) is 5.18 Å². The Morgan fingerprint density at radius 1 is 1.03 bits per heavy atom. The number of rotatable bonds is 7. The minimum atomic E-state index is -3.95. The standard InChI is InChI=1S/C23H21N3O4S/c1-3-16-5-4-6-17(15-16)24-21-11-12-22(25-27)23-20(21)13-14-26(23)31(28,29)19-9-7-18(30-2)8-10-19/h4-15,24H,3H2,1-2H3. The van der Waals surface area contributed by atoms with Gasteiger partial charge < -0.3 is 10.1 Å². The molecule has 4 aromatic rings. The number of nitrogens with zero attached hydrogens (tertiary/aromatic N) is 2. The fourth-order valence-electron chi connectivity index (χ4n) is 3.48. The van der Waals surface area contributed by atoms with Crippen molar-refractivity contribution in [1.29, 1.82) is 0 Å². The second-order valence-electron chi connectivity index (χ2n) is 6.96. The topological polar surface area (TPSA) is 89.8 Å². The first-order valence-corrected chi connectivity index (χ1v) is 11.1. The third-order valence-corrected chi connectivity index (χ3v) is 6.81. The summed E-state index contributed by atoms with van der Waals surface area (Å²) >= 11 is 0. The minimum Gasteiger partial charge on any atom is -0.497 e. The van der Waals surface area contributed by atoms with Gasteiger partial charge in [-0.25, -0.2) is 12.4 Å². The summed E-state index contributed by atoms with van der Waals surface area (Å²) in [6.45, 7) is 2.08. The molecule has 0 amide bonds. The van der Waals surface area contributed by atoms with E-state index in [0.29, 0.717) is 16.8 Å². The van der Waals surface area contributed by atoms with Crippen LogP contribution in [0.25, 0.3) is 10.9 Å². The number of fused-ring (bicyclic) bond motifs is 1. The highest BCUT2D eigenvalue weighted by molar-refractivity contribution is 7.90. The number of nitrogens with one attached hydrogen (secondary N) is 1. The van der Waals surface area contributed by atoms with Crippen LogP contribution in [0.15, 0.2) is 83.0 Å². The fourth-order valence-corrected chi connectivity index (χ4v) is 4.84. The van der Waals surface area contributed by atoms with Gasteiger partial charge in [0.2, 0.25) is 0 Å². The third-order valence-electron chi connectivity index (χ3n) is 5.12.